The predicted molar refractivity (Wildman–Crippen MR) is 87.0 cm³/mol. The molecule has 5 nitrogen and oxygen atoms in total. The molecule has 0 saturated carbocycles. The fourth-order valence-electron chi connectivity index (χ4n) is 2.50. The molecule has 0 aliphatic carbocycles. The zero-order valence-corrected chi connectivity index (χ0v) is 13.6. The van der Waals surface area contributed by atoms with Crippen LogP contribution in [-0.2, 0) is 4.79 Å². The largest absolute Gasteiger partial charge is 0.350 e. The summed E-state index contributed by atoms with van der Waals surface area (Å²) in [5.74, 6) is -0.447. The number of benzene rings is 1. The van der Waals surface area contributed by atoms with Crippen molar-refractivity contribution in [3.63, 3.8) is 0 Å². The number of piperidine rings is 1. The second kappa shape index (κ2) is 7.61. The van der Waals surface area contributed by atoms with Crippen LogP contribution >= 0.6 is 11.6 Å². The molecule has 1 aliphatic heterocycles. The smallest absolute Gasteiger partial charge is 0.251 e. The first kappa shape index (κ1) is 16.8. The molecule has 0 radical (unpaired) electrons. The maximum absolute atomic E-state index is 12.2. The molecule has 1 saturated heterocycles. The maximum atomic E-state index is 12.2. The lowest BCUT2D eigenvalue weighted by atomic mass is 9.99. The van der Waals surface area contributed by atoms with Crippen LogP contribution in [-0.4, -0.2) is 36.5 Å². The average molecular weight is 324 g/mol. The molecule has 1 aliphatic rings. The molecular weight excluding hydrogens is 302 g/mol. The summed E-state index contributed by atoms with van der Waals surface area (Å²) in [5, 5.41) is 9.61. The fourth-order valence-corrected chi connectivity index (χ4v) is 2.62. The molecule has 0 spiro atoms. The highest BCUT2D eigenvalue weighted by Gasteiger charge is 2.25. The van der Waals surface area contributed by atoms with E-state index >= 15 is 0 Å². The molecule has 0 bridgehead atoms. The molecule has 2 amide bonds. The van der Waals surface area contributed by atoms with E-state index in [0.717, 1.165) is 19.4 Å². The van der Waals surface area contributed by atoms with Crippen molar-refractivity contribution >= 4 is 23.4 Å². The van der Waals surface area contributed by atoms with Crippen molar-refractivity contribution in [1.82, 2.24) is 16.0 Å². The van der Waals surface area contributed by atoms with Crippen molar-refractivity contribution in [3.8, 4) is 0 Å². The Bertz CT molecular complexity index is 533. The van der Waals surface area contributed by atoms with Gasteiger partial charge in [-0.25, -0.2) is 0 Å². The van der Waals surface area contributed by atoms with Gasteiger partial charge in [0.05, 0.1) is 0 Å². The minimum Gasteiger partial charge on any atom is -0.350 e. The van der Waals surface area contributed by atoms with Crippen LogP contribution in [0.4, 0.5) is 0 Å². The van der Waals surface area contributed by atoms with Crippen molar-refractivity contribution in [1.29, 1.82) is 0 Å². The van der Waals surface area contributed by atoms with Crippen molar-refractivity contribution in [2.45, 2.75) is 44.8 Å². The van der Waals surface area contributed by atoms with Crippen LogP contribution in [0.3, 0.4) is 0 Å². The van der Waals surface area contributed by atoms with Crippen LogP contribution in [0.1, 0.15) is 37.0 Å². The van der Waals surface area contributed by atoms with E-state index in [-0.39, 0.29) is 23.9 Å². The zero-order chi connectivity index (χ0) is 16.1. The van der Waals surface area contributed by atoms with E-state index in [1.807, 2.05) is 0 Å². The number of hydrogen-bond donors (Lipinski definition) is 3. The van der Waals surface area contributed by atoms with Gasteiger partial charge in [-0.15, -0.1) is 0 Å². The third-order valence-corrected chi connectivity index (χ3v) is 4.19. The molecule has 120 valence electrons. The van der Waals surface area contributed by atoms with E-state index < -0.39 is 6.04 Å². The third kappa shape index (κ3) is 4.45. The molecule has 3 N–H and O–H groups in total. The maximum Gasteiger partial charge on any atom is 0.251 e. The van der Waals surface area contributed by atoms with E-state index in [1.165, 1.54) is 0 Å². The van der Waals surface area contributed by atoms with Gasteiger partial charge < -0.3 is 16.0 Å². The van der Waals surface area contributed by atoms with E-state index in [0.29, 0.717) is 10.6 Å². The van der Waals surface area contributed by atoms with Crippen LogP contribution in [0.5, 0.6) is 0 Å². The third-order valence-electron chi connectivity index (χ3n) is 3.94. The Morgan fingerprint density at radius 2 is 2.00 bits per heavy atom. The van der Waals surface area contributed by atoms with Crippen molar-refractivity contribution in [2.24, 2.45) is 0 Å². The molecule has 1 aromatic carbocycles. The molecule has 22 heavy (non-hydrogen) atoms. The Hall–Kier alpha value is -1.59. The Labute approximate surface area is 135 Å². The summed E-state index contributed by atoms with van der Waals surface area (Å²) in [7, 11) is 0. The van der Waals surface area contributed by atoms with Crippen LogP contribution < -0.4 is 16.0 Å². The Balaban J connectivity index is 1.87. The predicted octanol–water partition coefficient (Wildman–Crippen LogP) is 1.72. The monoisotopic (exact) mass is 323 g/mol. The SMILES string of the molecule is CC(NC(=O)c1ccc(Cl)cc1)C(=O)NC1CCCNC1C. The first-order valence-electron chi connectivity index (χ1n) is 7.57. The van der Waals surface area contributed by atoms with Gasteiger partial charge in [-0.2, -0.15) is 0 Å². The first-order chi connectivity index (χ1) is 10.5. The highest BCUT2D eigenvalue weighted by Crippen LogP contribution is 2.10. The molecule has 1 heterocycles. The Kier molecular flexibility index (Phi) is 5.80. The van der Waals surface area contributed by atoms with Crippen LogP contribution in [0, 0.1) is 0 Å². The summed E-state index contributed by atoms with van der Waals surface area (Å²) in [6.07, 6.45) is 2.00. The number of carbonyl (C=O) groups excluding carboxylic acids is 2. The Morgan fingerprint density at radius 1 is 1.32 bits per heavy atom. The van der Waals surface area contributed by atoms with E-state index in [1.54, 1.807) is 31.2 Å². The number of halogens is 1. The molecule has 1 aromatic rings. The number of hydrogen-bond acceptors (Lipinski definition) is 3. The lowest BCUT2D eigenvalue weighted by Crippen LogP contribution is -2.55. The summed E-state index contributed by atoms with van der Waals surface area (Å²) in [4.78, 5) is 24.3. The molecule has 3 atom stereocenters. The van der Waals surface area contributed by atoms with Crippen molar-refractivity contribution < 1.29 is 9.59 Å². The molecule has 0 aromatic heterocycles. The topological polar surface area (TPSA) is 70.2 Å². The second-order valence-electron chi connectivity index (χ2n) is 5.70. The van der Waals surface area contributed by atoms with Crippen molar-refractivity contribution in [3.05, 3.63) is 34.9 Å². The number of nitrogens with one attached hydrogen (secondary N) is 3. The summed E-state index contributed by atoms with van der Waals surface area (Å²) in [6, 6.07) is 6.34. The molecule has 1 fully saturated rings. The van der Waals surface area contributed by atoms with Gasteiger partial charge in [0.2, 0.25) is 5.91 Å². The number of carbonyl (C=O) groups is 2. The summed E-state index contributed by atoms with van der Waals surface area (Å²) < 4.78 is 0. The quantitative estimate of drug-likeness (QED) is 0.790. The van der Waals surface area contributed by atoms with Crippen LogP contribution in [0.25, 0.3) is 0 Å². The van der Waals surface area contributed by atoms with Gasteiger partial charge in [0.25, 0.3) is 5.91 Å². The van der Waals surface area contributed by atoms with Gasteiger partial charge in [0.15, 0.2) is 0 Å². The van der Waals surface area contributed by atoms with Gasteiger partial charge in [-0.3, -0.25) is 9.59 Å². The van der Waals surface area contributed by atoms with Crippen LogP contribution in [0.15, 0.2) is 24.3 Å². The highest BCUT2D eigenvalue weighted by atomic mass is 35.5. The summed E-state index contributed by atoms with van der Waals surface area (Å²) >= 11 is 5.79. The van der Waals surface area contributed by atoms with Crippen molar-refractivity contribution in [2.75, 3.05) is 6.54 Å². The molecule has 3 unspecified atom stereocenters. The molecule has 2 rings (SSSR count). The van der Waals surface area contributed by atoms with Gasteiger partial charge >= 0.3 is 0 Å². The van der Waals surface area contributed by atoms with E-state index in [2.05, 4.69) is 22.9 Å². The van der Waals surface area contributed by atoms with Gasteiger partial charge in [0.1, 0.15) is 6.04 Å². The average Bonchev–Trinajstić information content (AvgIpc) is 2.50. The van der Waals surface area contributed by atoms with E-state index in [9.17, 15) is 9.59 Å². The summed E-state index contributed by atoms with van der Waals surface area (Å²) in [5.41, 5.74) is 0.483. The lowest BCUT2D eigenvalue weighted by molar-refractivity contribution is -0.123. The summed E-state index contributed by atoms with van der Waals surface area (Å²) in [6.45, 7) is 4.72. The lowest BCUT2D eigenvalue weighted by Gasteiger charge is -2.31. The number of rotatable bonds is 4. The van der Waals surface area contributed by atoms with Gasteiger partial charge in [-0.05, 0) is 57.5 Å². The fraction of sp³-hybridized carbons (Fsp3) is 0.500. The minimum absolute atomic E-state index is 0.108. The van der Waals surface area contributed by atoms with Crippen LogP contribution in [0.2, 0.25) is 5.02 Å². The highest BCUT2D eigenvalue weighted by molar-refractivity contribution is 6.30. The second-order valence-corrected chi connectivity index (χ2v) is 6.14. The number of amides is 2. The molecular formula is C16H22ClN3O2. The standard InChI is InChI=1S/C16H22ClN3O2/c1-10-14(4-3-9-18-10)20-15(21)11(2)19-16(22)12-5-7-13(17)8-6-12/h5-8,10-11,14,18H,3-4,9H2,1-2H3,(H,19,22)(H,20,21). The normalized spacial score (nSPS) is 22.7. The minimum atomic E-state index is -0.586. The zero-order valence-electron chi connectivity index (χ0n) is 12.9. The molecule has 6 heteroatoms. The van der Waals surface area contributed by atoms with Gasteiger partial charge in [0, 0.05) is 22.7 Å². The van der Waals surface area contributed by atoms with E-state index in [4.69, 9.17) is 11.6 Å². The Morgan fingerprint density at radius 3 is 2.64 bits per heavy atom. The first-order valence-corrected chi connectivity index (χ1v) is 7.95. The van der Waals surface area contributed by atoms with Gasteiger partial charge in [-0.1, -0.05) is 11.6 Å².